The van der Waals surface area contributed by atoms with Gasteiger partial charge in [0.1, 0.15) is 5.75 Å². The maximum absolute atomic E-state index is 15.1. The van der Waals surface area contributed by atoms with E-state index >= 15 is 4.79 Å². The van der Waals surface area contributed by atoms with Gasteiger partial charge >= 0.3 is 5.97 Å². The lowest BCUT2D eigenvalue weighted by atomic mass is 9.79. The number of benzene rings is 2. The van der Waals surface area contributed by atoms with Gasteiger partial charge in [0.25, 0.3) is 5.91 Å². The van der Waals surface area contributed by atoms with E-state index in [4.69, 9.17) is 19.3 Å². The second-order valence-corrected chi connectivity index (χ2v) is 11.6. The molecule has 2 atom stereocenters. The standard InChI is InChI=1S/C32H37N5O6/c1-2-42-30(39)29-26-12-15-36(24-8-6-23(7-9-24)35-14-4-3-5-28(35)38)31(40)32(26,34-16-19-41-20-17-34)37(33-29)25-10-11-27-22(21-25)13-18-43-27/h6-11,21,26H,2-5,12-20H2,1H3. The van der Waals surface area contributed by atoms with Gasteiger partial charge in [-0.2, -0.15) is 5.10 Å². The van der Waals surface area contributed by atoms with Gasteiger partial charge in [0.2, 0.25) is 11.6 Å². The summed E-state index contributed by atoms with van der Waals surface area (Å²) in [4.78, 5) is 46.8. The molecule has 11 heteroatoms. The Hall–Kier alpha value is -3.96. The predicted molar refractivity (Wildman–Crippen MR) is 160 cm³/mol. The minimum absolute atomic E-state index is 0.132. The molecule has 226 valence electrons. The molecular formula is C32H37N5O6. The van der Waals surface area contributed by atoms with Crippen molar-refractivity contribution in [3.05, 3.63) is 48.0 Å². The Bertz CT molecular complexity index is 1450. The number of esters is 1. The summed E-state index contributed by atoms with van der Waals surface area (Å²) in [6.07, 6.45) is 3.76. The summed E-state index contributed by atoms with van der Waals surface area (Å²) in [6, 6.07) is 13.5. The smallest absolute Gasteiger partial charge is 0.354 e. The minimum atomic E-state index is -1.28. The molecule has 0 aliphatic carbocycles. The second kappa shape index (κ2) is 11.3. The van der Waals surface area contributed by atoms with E-state index < -0.39 is 17.6 Å². The van der Waals surface area contributed by atoms with Gasteiger partial charge < -0.3 is 24.0 Å². The molecule has 0 radical (unpaired) electrons. The minimum Gasteiger partial charge on any atom is -0.493 e. The highest BCUT2D eigenvalue weighted by molar-refractivity contribution is 6.40. The van der Waals surface area contributed by atoms with E-state index in [2.05, 4.69) is 4.90 Å². The molecule has 0 bridgehead atoms. The van der Waals surface area contributed by atoms with Crippen LogP contribution in [0.2, 0.25) is 0 Å². The Morgan fingerprint density at radius 2 is 1.67 bits per heavy atom. The molecule has 7 rings (SSSR count). The van der Waals surface area contributed by atoms with Crippen LogP contribution in [-0.4, -0.2) is 86.7 Å². The van der Waals surface area contributed by atoms with Crippen molar-refractivity contribution in [2.45, 2.75) is 44.7 Å². The molecule has 3 fully saturated rings. The topological polar surface area (TPSA) is 104 Å². The summed E-state index contributed by atoms with van der Waals surface area (Å²) in [5, 5.41) is 6.68. The van der Waals surface area contributed by atoms with Crippen LogP contribution in [0.4, 0.5) is 17.1 Å². The molecule has 0 N–H and O–H groups in total. The van der Waals surface area contributed by atoms with Gasteiger partial charge in [0, 0.05) is 50.4 Å². The monoisotopic (exact) mass is 587 g/mol. The molecule has 0 spiro atoms. The highest BCUT2D eigenvalue weighted by atomic mass is 16.5. The fourth-order valence-electron chi connectivity index (χ4n) is 7.21. The second-order valence-electron chi connectivity index (χ2n) is 11.6. The molecule has 11 nitrogen and oxygen atoms in total. The van der Waals surface area contributed by atoms with E-state index in [1.165, 1.54) is 0 Å². The fraction of sp³-hybridized carbons (Fsp3) is 0.500. The number of amides is 2. The number of carbonyl (C=O) groups is 3. The van der Waals surface area contributed by atoms with E-state index in [0.717, 1.165) is 47.6 Å². The highest BCUT2D eigenvalue weighted by Crippen LogP contribution is 2.47. The number of nitrogens with zero attached hydrogens (tertiary/aromatic N) is 5. The molecule has 2 aromatic rings. The number of piperidine rings is 2. The first kappa shape index (κ1) is 27.8. The molecule has 0 saturated carbocycles. The molecule has 5 aliphatic heterocycles. The van der Waals surface area contributed by atoms with Crippen molar-refractivity contribution in [2.24, 2.45) is 11.0 Å². The molecule has 0 aromatic heterocycles. The van der Waals surface area contributed by atoms with Gasteiger partial charge in [-0.1, -0.05) is 0 Å². The van der Waals surface area contributed by atoms with Crippen LogP contribution in [0.5, 0.6) is 5.75 Å². The van der Waals surface area contributed by atoms with Crippen LogP contribution in [0.1, 0.15) is 38.2 Å². The van der Waals surface area contributed by atoms with Crippen LogP contribution in [0.25, 0.3) is 0 Å². The number of hydrogen-bond donors (Lipinski definition) is 0. The number of morpholine rings is 1. The van der Waals surface area contributed by atoms with Gasteiger partial charge in [0.05, 0.1) is 38.0 Å². The molecule has 5 aliphatic rings. The molecule has 2 unspecified atom stereocenters. The number of rotatable bonds is 6. The summed E-state index contributed by atoms with van der Waals surface area (Å²) in [7, 11) is 0. The van der Waals surface area contributed by atoms with Crippen LogP contribution in [0.3, 0.4) is 0 Å². The van der Waals surface area contributed by atoms with Crippen molar-refractivity contribution in [2.75, 3.05) is 67.4 Å². The molecular weight excluding hydrogens is 550 g/mol. The average molecular weight is 588 g/mol. The highest BCUT2D eigenvalue weighted by Gasteiger charge is 2.65. The van der Waals surface area contributed by atoms with E-state index in [9.17, 15) is 9.59 Å². The number of hydrazone groups is 1. The Kier molecular flexibility index (Phi) is 7.30. The van der Waals surface area contributed by atoms with Crippen molar-refractivity contribution in [1.29, 1.82) is 0 Å². The fourth-order valence-corrected chi connectivity index (χ4v) is 7.21. The van der Waals surface area contributed by atoms with E-state index in [0.29, 0.717) is 58.8 Å². The number of hydrogen-bond acceptors (Lipinski definition) is 9. The first-order chi connectivity index (χ1) is 21.0. The maximum Gasteiger partial charge on any atom is 0.354 e. The Morgan fingerprint density at radius 3 is 2.42 bits per heavy atom. The summed E-state index contributed by atoms with van der Waals surface area (Å²) in [5.74, 6) is -0.171. The first-order valence-corrected chi connectivity index (χ1v) is 15.4. The largest absolute Gasteiger partial charge is 0.493 e. The van der Waals surface area contributed by atoms with Crippen molar-refractivity contribution in [3.63, 3.8) is 0 Å². The zero-order chi connectivity index (χ0) is 29.6. The van der Waals surface area contributed by atoms with Crippen molar-refractivity contribution in [3.8, 4) is 5.75 Å². The van der Waals surface area contributed by atoms with Gasteiger partial charge in [-0.05, 0) is 74.2 Å². The summed E-state index contributed by atoms with van der Waals surface area (Å²) < 4.78 is 16.9. The van der Waals surface area contributed by atoms with Crippen LogP contribution in [-0.2, 0) is 30.3 Å². The van der Waals surface area contributed by atoms with E-state index in [1.807, 2.05) is 47.4 Å². The summed E-state index contributed by atoms with van der Waals surface area (Å²) in [6.45, 7) is 5.71. The third-order valence-electron chi connectivity index (χ3n) is 9.24. The third-order valence-corrected chi connectivity index (χ3v) is 9.24. The van der Waals surface area contributed by atoms with E-state index in [1.54, 1.807) is 16.8 Å². The van der Waals surface area contributed by atoms with Gasteiger partial charge in [-0.25, -0.2) is 9.80 Å². The zero-order valence-corrected chi connectivity index (χ0v) is 24.5. The normalized spacial score (nSPS) is 25.7. The van der Waals surface area contributed by atoms with E-state index in [-0.39, 0.29) is 24.1 Å². The molecule has 3 saturated heterocycles. The zero-order valence-electron chi connectivity index (χ0n) is 24.5. The Morgan fingerprint density at radius 1 is 0.930 bits per heavy atom. The molecule has 43 heavy (non-hydrogen) atoms. The molecule has 2 aromatic carbocycles. The van der Waals surface area contributed by atoms with Crippen LogP contribution in [0.15, 0.2) is 47.6 Å². The van der Waals surface area contributed by atoms with Crippen LogP contribution in [0, 0.1) is 5.92 Å². The lowest BCUT2D eigenvalue weighted by Crippen LogP contribution is -2.74. The number of anilines is 3. The van der Waals surface area contributed by atoms with Crippen molar-refractivity contribution < 1.29 is 28.6 Å². The average Bonchev–Trinajstić information content (AvgIpc) is 3.66. The first-order valence-electron chi connectivity index (χ1n) is 15.4. The lowest BCUT2D eigenvalue weighted by molar-refractivity contribution is -0.140. The summed E-state index contributed by atoms with van der Waals surface area (Å²) >= 11 is 0. The quantitative estimate of drug-likeness (QED) is 0.476. The predicted octanol–water partition coefficient (Wildman–Crippen LogP) is 2.96. The van der Waals surface area contributed by atoms with Gasteiger partial charge in [-0.15, -0.1) is 0 Å². The Labute approximate surface area is 250 Å². The number of fused-ring (bicyclic) bond motifs is 2. The number of ether oxygens (including phenoxy) is 3. The van der Waals surface area contributed by atoms with Gasteiger partial charge in [-0.3, -0.25) is 14.5 Å². The van der Waals surface area contributed by atoms with Crippen molar-refractivity contribution >= 4 is 40.6 Å². The Balaban J connectivity index is 1.31. The molecule has 2 amide bonds. The molecule has 5 heterocycles. The van der Waals surface area contributed by atoms with Crippen molar-refractivity contribution in [1.82, 2.24) is 4.90 Å². The third kappa shape index (κ3) is 4.56. The number of carbonyl (C=O) groups excluding carboxylic acids is 3. The maximum atomic E-state index is 15.1. The van der Waals surface area contributed by atoms with Gasteiger partial charge in [0.15, 0.2) is 5.71 Å². The SMILES string of the molecule is CCOC(=O)C1=NN(c2ccc3c(c2)CCO3)C2(N3CCOCC3)C(=O)N(c3ccc(N4CCCCC4=O)cc3)CCC12. The lowest BCUT2D eigenvalue weighted by Gasteiger charge is -2.53. The van der Waals surface area contributed by atoms with Crippen LogP contribution >= 0.6 is 0 Å². The summed E-state index contributed by atoms with van der Waals surface area (Å²) in [5.41, 5.74) is 2.37. The van der Waals surface area contributed by atoms with Crippen LogP contribution < -0.4 is 19.5 Å².